The molecule has 0 fully saturated rings. The van der Waals surface area contributed by atoms with Crippen molar-refractivity contribution >= 4 is 17.2 Å². The van der Waals surface area contributed by atoms with Crippen LogP contribution in [0, 0.1) is 0 Å². The first-order chi connectivity index (χ1) is 10.1. The average Bonchev–Trinajstić information content (AvgIpc) is 2.98. The predicted molar refractivity (Wildman–Crippen MR) is 88.5 cm³/mol. The molecule has 0 saturated carbocycles. The minimum Gasteiger partial charge on any atom is -0.353 e. The van der Waals surface area contributed by atoms with Crippen LogP contribution in [0.4, 0.5) is 0 Å². The Labute approximate surface area is 130 Å². The van der Waals surface area contributed by atoms with Gasteiger partial charge in [0.25, 0.3) is 0 Å². The fourth-order valence-corrected chi connectivity index (χ4v) is 2.99. The molecule has 0 unspecified atom stereocenters. The van der Waals surface area contributed by atoms with Gasteiger partial charge in [-0.15, -0.1) is 11.3 Å². The van der Waals surface area contributed by atoms with Crippen LogP contribution in [0.25, 0.3) is 0 Å². The van der Waals surface area contributed by atoms with Crippen LogP contribution < -0.4 is 10.6 Å². The Kier molecular flexibility index (Phi) is 5.53. The van der Waals surface area contributed by atoms with Crippen molar-refractivity contribution in [2.45, 2.75) is 38.9 Å². The lowest BCUT2D eigenvalue weighted by Gasteiger charge is -2.23. The van der Waals surface area contributed by atoms with Gasteiger partial charge < -0.3 is 5.32 Å². The third-order valence-corrected chi connectivity index (χ3v) is 4.14. The van der Waals surface area contributed by atoms with E-state index < -0.39 is 0 Å². The van der Waals surface area contributed by atoms with Crippen molar-refractivity contribution in [2.75, 3.05) is 0 Å². The Balaban J connectivity index is 2.16. The van der Waals surface area contributed by atoms with E-state index in [1.165, 1.54) is 10.4 Å². The van der Waals surface area contributed by atoms with E-state index in [1.54, 1.807) is 11.3 Å². The first-order valence-electron chi connectivity index (χ1n) is 7.22. The standard InChI is InChI=1S/C17H22N2OS/c1-12(2)18-17(20)13(3)19-16(15-10-7-11-21-15)14-8-5-4-6-9-14/h4-13,16,19H,1-3H3,(H,18,20)/t13-,16+/m1/s1. The van der Waals surface area contributed by atoms with Crippen molar-refractivity contribution < 1.29 is 4.79 Å². The van der Waals surface area contributed by atoms with Gasteiger partial charge >= 0.3 is 0 Å². The maximum atomic E-state index is 12.1. The highest BCUT2D eigenvalue weighted by Crippen LogP contribution is 2.26. The summed E-state index contributed by atoms with van der Waals surface area (Å²) in [7, 11) is 0. The molecular weight excluding hydrogens is 280 g/mol. The lowest BCUT2D eigenvalue weighted by Crippen LogP contribution is -2.45. The van der Waals surface area contributed by atoms with E-state index in [1.807, 2.05) is 45.0 Å². The molecule has 1 amide bonds. The molecule has 0 radical (unpaired) electrons. The molecule has 0 bridgehead atoms. The van der Waals surface area contributed by atoms with E-state index in [2.05, 4.69) is 34.2 Å². The first-order valence-corrected chi connectivity index (χ1v) is 8.10. The van der Waals surface area contributed by atoms with Crippen LogP contribution in [0.3, 0.4) is 0 Å². The van der Waals surface area contributed by atoms with Crippen molar-refractivity contribution in [3.8, 4) is 0 Å². The highest BCUT2D eigenvalue weighted by molar-refractivity contribution is 7.10. The zero-order valence-electron chi connectivity index (χ0n) is 12.7. The molecule has 0 aliphatic carbocycles. The van der Waals surface area contributed by atoms with Gasteiger partial charge in [-0.1, -0.05) is 36.4 Å². The van der Waals surface area contributed by atoms with Gasteiger partial charge in [0.15, 0.2) is 0 Å². The average molecular weight is 302 g/mol. The Hall–Kier alpha value is -1.65. The molecule has 0 saturated heterocycles. The molecule has 112 valence electrons. The number of hydrogen-bond donors (Lipinski definition) is 2. The summed E-state index contributed by atoms with van der Waals surface area (Å²) in [5, 5.41) is 8.45. The second-order valence-corrected chi connectivity index (χ2v) is 6.39. The van der Waals surface area contributed by atoms with E-state index in [-0.39, 0.29) is 24.0 Å². The molecule has 21 heavy (non-hydrogen) atoms. The van der Waals surface area contributed by atoms with Gasteiger partial charge in [0.2, 0.25) is 5.91 Å². The van der Waals surface area contributed by atoms with Crippen LogP contribution in [-0.2, 0) is 4.79 Å². The molecule has 0 aliphatic heterocycles. The third kappa shape index (κ3) is 4.41. The molecule has 1 aromatic heterocycles. The number of carbonyl (C=O) groups excluding carboxylic acids is 1. The molecule has 0 aliphatic rings. The minimum atomic E-state index is -0.250. The summed E-state index contributed by atoms with van der Waals surface area (Å²) < 4.78 is 0. The van der Waals surface area contributed by atoms with Gasteiger partial charge in [0.1, 0.15) is 0 Å². The normalized spacial score (nSPS) is 13.9. The maximum absolute atomic E-state index is 12.1. The maximum Gasteiger partial charge on any atom is 0.237 e. The van der Waals surface area contributed by atoms with Gasteiger partial charge in [-0.05, 0) is 37.8 Å². The number of thiophene rings is 1. The quantitative estimate of drug-likeness (QED) is 0.859. The van der Waals surface area contributed by atoms with Gasteiger partial charge in [-0.25, -0.2) is 0 Å². The Morgan fingerprint density at radius 2 is 1.76 bits per heavy atom. The Morgan fingerprint density at radius 1 is 1.05 bits per heavy atom. The molecule has 1 aromatic carbocycles. The van der Waals surface area contributed by atoms with Crippen LogP contribution >= 0.6 is 11.3 Å². The molecule has 3 nitrogen and oxygen atoms in total. The second-order valence-electron chi connectivity index (χ2n) is 5.41. The Bertz CT molecular complexity index is 551. The van der Waals surface area contributed by atoms with Crippen LogP contribution in [0.15, 0.2) is 47.8 Å². The number of carbonyl (C=O) groups is 1. The topological polar surface area (TPSA) is 41.1 Å². The van der Waals surface area contributed by atoms with E-state index in [0.29, 0.717) is 0 Å². The molecule has 0 spiro atoms. The largest absolute Gasteiger partial charge is 0.353 e. The smallest absolute Gasteiger partial charge is 0.237 e. The number of benzene rings is 1. The number of rotatable bonds is 6. The zero-order chi connectivity index (χ0) is 15.2. The lowest BCUT2D eigenvalue weighted by atomic mass is 10.0. The lowest BCUT2D eigenvalue weighted by molar-refractivity contribution is -0.123. The molecule has 4 heteroatoms. The summed E-state index contributed by atoms with van der Waals surface area (Å²) in [6.45, 7) is 5.85. The van der Waals surface area contributed by atoms with Crippen LogP contribution in [0.1, 0.15) is 37.3 Å². The summed E-state index contributed by atoms with van der Waals surface area (Å²) in [6, 6.07) is 14.3. The van der Waals surface area contributed by atoms with Crippen molar-refractivity contribution in [3.05, 3.63) is 58.3 Å². The van der Waals surface area contributed by atoms with Crippen molar-refractivity contribution in [2.24, 2.45) is 0 Å². The molecule has 2 atom stereocenters. The molecular formula is C17H22N2OS. The van der Waals surface area contributed by atoms with Crippen molar-refractivity contribution in [1.82, 2.24) is 10.6 Å². The van der Waals surface area contributed by atoms with E-state index in [9.17, 15) is 4.79 Å². The van der Waals surface area contributed by atoms with Crippen molar-refractivity contribution in [1.29, 1.82) is 0 Å². The first kappa shape index (κ1) is 15.7. The van der Waals surface area contributed by atoms with Crippen LogP contribution in [0.5, 0.6) is 0 Å². The molecule has 2 rings (SSSR count). The summed E-state index contributed by atoms with van der Waals surface area (Å²) >= 11 is 1.70. The van der Waals surface area contributed by atoms with E-state index >= 15 is 0 Å². The van der Waals surface area contributed by atoms with E-state index in [4.69, 9.17) is 0 Å². The second kappa shape index (κ2) is 7.38. The summed E-state index contributed by atoms with van der Waals surface area (Å²) in [4.78, 5) is 13.3. The zero-order valence-corrected chi connectivity index (χ0v) is 13.5. The summed E-state index contributed by atoms with van der Waals surface area (Å²) in [6.07, 6.45) is 0. The van der Waals surface area contributed by atoms with Gasteiger partial charge in [-0.2, -0.15) is 0 Å². The van der Waals surface area contributed by atoms with Gasteiger partial charge in [-0.3, -0.25) is 10.1 Å². The SMILES string of the molecule is CC(C)NC(=O)[C@@H](C)N[C@@H](c1ccccc1)c1cccs1. The number of nitrogens with one attached hydrogen (secondary N) is 2. The predicted octanol–water partition coefficient (Wildman–Crippen LogP) is 3.34. The highest BCUT2D eigenvalue weighted by atomic mass is 32.1. The monoisotopic (exact) mass is 302 g/mol. The number of hydrogen-bond acceptors (Lipinski definition) is 3. The van der Waals surface area contributed by atoms with Gasteiger partial charge in [0.05, 0.1) is 12.1 Å². The number of amides is 1. The molecule has 2 aromatic rings. The highest BCUT2D eigenvalue weighted by Gasteiger charge is 2.21. The fourth-order valence-electron chi connectivity index (χ4n) is 2.18. The van der Waals surface area contributed by atoms with Crippen LogP contribution in [-0.4, -0.2) is 18.0 Å². The molecule has 2 N–H and O–H groups in total. The summed E-state index contributed by atoms with van der Waals surface area (Å²) in [5.74, 6) is 0.0301. The minimum absolute atomic E-state index is 0.0301. The fraction of sp³-hybridized carbons (Fsp3) is 0.353. The third-order valence-electron chi connectivity index (χ3n) is 3.20. The van der Waals surface area contributed by atoms with Crippen LogP contribution in [0.2, 0.25) is 0 Å². The Morgan fingerprint density at radius 3 is 2.33 bits per heavy atom. The van der Waals surface area contributed by atoms with Crippen molar-refractivity contribution in [3.63, 3.8) is 0 Å². The van der Waals surface area contributed by atoms with E-state index in [0.717, 1.165) is 0 Å². The van der Waals surface area contributed by atoms with Gasteiger partial charge in [0, 0.05) is 10.9 Å². The molecule has 1 heterocycles. The summed E-state index contributed by atoms with van der Waals surface area (Å²) in [5.41, 5.74) is 1.17.